The zero-order valence-electron chi connectivity index (χ0n) is 11.2. The largest absolute Gasteiger partial charge is 0.465 e. The van der Waals surface area contributed by atoms with E-state index in [0.29, 0.717) is 16.0 Å². The molecule has 0 aromatic heterocycles. The molecule has 1 fully saturated rings. The van der Waals surface area contributed by atoms with Gasteiger partial charge in [-0.2, -0.15) is 0 Å². The summed E-state index contributed by atoms with van der Waals surface area (Å²) in [6.45, 7) is -0.0384. The second-order valence-corrected chi connectivity index (χ2v) is 5.08. The third-order valence-electron chi connectivity index (χ3n) is 2.75. The fourth-order valence-corrected chi connectivity index (χ4v) is 2.55. The van der Waals surface area contributed by atoms with Crippen molar-refractivity contribution in [3.63, 3.8) is 0 Å². The third-order valence-corrected chi connectivity index (χ3v) is 3.66. The van der Waals surface area contributed by atoms with Crippen LogP contribution >= 0.6 is 11.8 Å². The van der Waals surface area contributed by atoms with Gasteiger partial charge < -0.3 is 4.74 Å². The molecule has 21 heavy (non-hydrogen) atoms. The van der Waals surface area contributed by atoms with E-state index in [2.05, 4.69) is 10.7 Å². The van der Waals surface area contributed by atoms with E-state index in [1.165, 1.54) is 7.11 Å². The second-order valence-electron chi connectivity index (χ2n) is 4.09. The summed E-state index contributed by atoms with van der Waals surface area (Å²) in [5.41, 5.74) is 1.11. The van der Waals surface area contributed by atoms with Crippen molar-refractivity contribution in [1.29, 1.82) is 0 Å². The van der Waals surface area contributed by atoms with Gasteiger partial charge in [-0.05, 0) is 35.5 Å². The summed E-state index contributed by atoms with van der Waals surface area (Å²) in [6.07, 6.45) is 6.71. The van der Waals surface area contributed by atoms with Crippen molar-refractivity contribution in [2.24, 2.45) is 0 Å². The number of imide groups is 1. The second kappa shape index (κ2) is 6.29. The predicted molar refractivity (Wildman–Crippen MR) is 79.3 cm³/mol. The van der Waals surface area contributed by atoms with Crippen molar-refractivity contribution < 1.29 is 19.1 Å². The van der Waals surface area contributed by atoms with E-state index in [1.807, 2.05) is 0 Å². The highest BCUT2D eigenvalue weighted by Crippen LogP contribution is 2.31. The first kappa shape index (κ1) is 14.9. The monoisotopic (exact) mass is 301 g/mol. The van der Waals surface area contributed by atoms with Crippen molar-refractivity contribution in [2.75, 3.05) is 13.7 Å². The molecule has 6 heteroatoms. The molecule has 2 rings (SSSR count). The first-order chi connectivity index (χ1) is 10.1. The molecule has 2 amide bonds. The number of nitrogens with zero attached hydrogens (tertiary/aromatic N) is 1. The van der Waals surface area contributed by atoms with Crippen LogP contribution in [0, 0.1) is 12.3 Å². The highest BCUT2D eigenvalue weighted by molar-refractivity contribution is 8.18. The Balaban J connectivity index is 2.21. The van der Waals surface area contributed by atoms with Crippen molar-refractivity contribution in [3.05, 3.63) is 40.3 Å². The molecule has 5 nitrogen and oxygen atoms in total. The van der Waals surface area contributed by atoms with E-state index < -0.39 is 11.9 Å². The van der Waals surface area contributed by atoms with Gasteiger partial charge in [0.05, 0.1) is 24.1 Å². The highest BCUT2D eigenvalue weighted by atomic mass is 32.2. The number of thioether (sulfide) groups is 1. The van der Waals surface area contributed by atoms with Crippen LogP contribution in [0.15, 0.2) is 29.2 Å². The van der Waals surface area contributed by atoms with Gasteiger partial charge in [-0.15, -0.1) is 6.42 Å². The molecule has 1 aromatic carbocycles. The van der Waals surface area contributed by atoms with Crippen LogP contribution in [-0.4, -0.2) is 35.7 Å². The lowest BCUT2D eigenvalue weighted by atomic mass is 10.1. The van der Waals surface area contributed by atoms with Gasteiger partial charge in [-0.1, -0.05) is 18.1 Å². The lowest BCUT2D eigenvalue weighted by molar-refractivity contribution is -0.122. The topological polar surface area (TPSA) is 63.7 Å². The van der Waals surface area contributed by atoms with E-state index in [-0.39, 0.29) is 11.8 Å². The molecule has 0 spiro atoms. The molecular weight excluding hydrogens is 290 g/mol. The minimum Gasteiger partial charge on any atom is -0.465 e. The number of esters is 1. The Kier molecular flexibility index (Phi) is 4.45. The fourth-order valence-electron chi connectivity index (χ4n) is 1.71. The number of methoxy groups -OCH3 is 1. The van der Waals surface area contributed by atoms with E-state index in [0.717, 1.165) is 16.7 Å². The Labute approximate surface area is 126 Å². The Morgan fingerprint density at radius 1 is 1.38 bits per heavy atom. The van der Waals surface area contributed by atoms with Crippen molar-refractivity contribution in [3.8, 4) is 12.3 Å². The van der Waals surface area contributed by atoms with Crippen LogP contribution in [0.2, 0.25) is 0 Å². The van der Waals surface area contributed by atoms with E-state index >= 15 is 0 Å². The lowest BCUT2D eigenvalue weighted by Gasteiger charge is -2.06. The number of carbonyl (C=O) groups excluding carboxylic acids is 3. The smallest absolute Gasteiger partial charge is 0.337 e. The summed E-state index contributed by atoms with van der Waals surface area (Å²) in [7, 11) is 1.30. The molecule has 1 aromatic rings. The summed E-state index contributed by atoms with van der Waals surface area (Å²) in [5, 5.41) is -0.379. The van der Waals surface area contributed by atoms with Crippen LogP contribution in [0.3, 0.4) is 0 Å². The van der Waals surface area contributed by atoms with Gasteiger partial charge in [-0.25, -0.2) is 4.79 Å². The van der Waals surface area contributed by atoms with Gasteiger partial charge in [0, 0.05) is 0 Å². The van der Waals surface area contributed by atoms with Gasteiger partial charge in [0.25, 0.3) is 11.1 Å². The molecule has 0 unspecified atom stereocenters. The normalized spacial score (nSPS) is 16.2. The van der Waals surface area contributed by atoms with Crippen molar-refractivity contribution >= 4 is 35.0 Å². The minimum absolute atomic E-state index is 0.0384. The number of rotatable bonds is 3. The van der Waals surface area contributed by atoms with E-state index in [9.17, 15) is 14.4 Å². The number of terminal acetylenes is 1. The lowest BCUT2D eigenvalue weighted by Crippen LogP contribution is -2.28. The van der Waals surface area contributed by atoms with Gasteiger partial charge >= 0.3 is 5.97 Å². The zero-order chi connectivity index (χ0) is 15.4. The predicted octanol–water partition coefficient (Wildman–Crippen LogP) is 2.14. The standard InChI is InChI=1S/C15H11NO4S/c1-3-8-16-13(17)12(21-15(16)19)9-10-4-6-11(7-5-10)14(18)20-2/h1,4-7,9H,8H2,2H3/b12-9-. The molecule has 0 atom stereocenters. The number of ether oxygens (including phenoxy) is 1. The highest BCUT2D eigenvalue weighted by Gasteiger charge is 2.34. The third kappa shape index (κ3) is 3.15. The molecule has 106 valence electrons. The molecular formula is C15H11NO4S. The molecule has 0 radical (unpaired) electrons. The Bertz CT molecular complexity index is 670. The van der Waals surface area contributed by atoms with Crippen molar-refractivity contribution in [1.82, 2.24) is 4.90 Å². The number of hydrogen-bond donors (Lipinski definition) is 0. The fraction of sp³-hybridized carbons (Fsp3) is 0.133. The number of amides is 2. The number of carbonyl (C=O) groups is 3. The summed E-state index contributed by atoms with van der Waals surface area (Å²) < 4.78 is 4.60. The van der Waals surface area contributed by atoms with Crippen LogP contribution in [0.25, 0.3) is 6.08 Å². The first-order valence-electron chi connectivity index (χ1n) is 5.94. The molecule has 0 aliphatic carbocycles. The van der Waals surface area contributed by atoms with Gasteiger partial charge in [-0.3, -0.25) is 14.5 Å². The molecule has 0 saturated carbocycles. The maximum absolute atomic E-state index is 12.0. The van der Waals surface area contributed by atoms with Crippen LogP contribution in [0.5, 0.6) is 0 Å². The Morgan fingerprint density at radius 2 is 2.05 bits per heavy atom. The maximum Gasteiger partial charge on any atom is 0.337 e. The molecule has 0 bridgehead atoms. The van der Waals surface area contributed by atoms with E-state index in [4.69, 9.17) is 6.42 Å². The summed E-state index contributed by atoms with van der Waals surface area (Å²) in [5.74, 6) is 1.44. The SMILES string of the molecule is C#CCN1C(=O)S/C(=C\c2ccc(C(=O)OC)cc2)C1=O. The summed E-state index contributed by atoms with van der Waals surface area (Å²) in [6, 6.07) is 6.51. The Hall–Kier alpha value is -2.52. The molecule has 1 aliphatic rings. The summed E-state index contributed by atoms with van der Waals surface area (Å²) in [4.78, 5) is 36.2. The van der Waals surface area contributed by atoms with Crippen LogP contribution in [0.4, 0.5) is 4.79 Å². The van der Waals surface area contributed by atoms with Gasteiger partial charge in [0.2, 0.25) is 0 Å². The van der Waals surface area contributed by atoms with Crippen molar-refractivity contribution in [2.45, 2.75) is 0 Å². The molecule has 1 aliphatic heterocycles. The van der Waals surface area contributed by atoms with Gasteiger partial charge in [0.1, 0.15) is 0 Å². The average molecular weight is 301 g/mol. The molecule has 1 heterocycles. The minimum atomic E-state index is -0.434. The average Bonchev–Trinajstić information content (AvgIpc) is 2.75. The maximum atomic E-state index is 12.0. The van der Waals surface area contributed by atoms with Gasteiger partial charge in [0.15, 0.2) is 0 Å². The van der Waals surface area contributed by atoms with Crippen LogP contribution in [0.1, 0.15) is 15.9 Å². The van der Waals surface area contributed by atoms with Crippen LogP contribution in [-0.2, 0) is 9.53 Å². The molecule has 0 N–H and O–H groups in total. The number of hydrogen-bond acceptors (Lipinski definition) is 5. The first-order valence-corrected chi connectivity index (χ1v) is 6.75. The molecule has 1 saturated heterocycles. The van der Waals surface area contributed by atoms with Crippen LogP contribution < -0.4 is 0 Å². The summed E-state index contributed by atoms with van der Waals surface area (Å²) >= 11 is 0.843. The zero-order valence-corrected chi connectivity index (χ0v) is 12.0. The quantitative estimate of drug-likeness (QED) is 0.486. The van der Waals surface area contributed by atoms with E-state index in [1.54, 1.807) is 30.3 Å². The number of benzene rings is 1. The Morgan fingerprint density at radius 3 is 2.62 bits per heavy atom.